The maximum absolute atomic E-state index is 14.8. The zero-order valence-corrected chi connectivity index (χ0v) is 23.3. The van der Waals surface area contributed by atoms with Crippen molar-refractivity contribution in [3.05, 3.63) is 65.2 Å². The summed E-state index contributed by atoms with van der Waals surface area (Å²) in [6.45, 7) is 3.51. The molecule has 1 heterocycles. The highest BCUT2D eigenvalue weighted by Gasteiger charge is 2.54. The van der Waals surface area contributed by atoms with E-state index in [0.717, 1.165) is 30.4 Å². The standard InChI is InChI=1S/C33H38N2O5/c1-20-7-9-22(10-8-20)19-34-27-6-4-3-5-26(27)30(37)14-28(32(39)40)35(21(2)36)29(31(34)38)18-33-15-23-11-24(16-33)13-25(12-23)17-33/h3-10,23-25,28-29H,11-19H2,1-2H3,(H,39,40)/p-1/t23?,24?,25?,28-,29+,33?/m0/s1. The number of hydrogen-bond acceptors (Lipinski definition) is 5. The molecule has 210 valence electrons. The smallest absolute Gasteiger partial charge is 0.250 e. The number of carboxylic acid groups (broad SMARTS) is 1. The van der Waals surface area contributed by atoms with Gasteiger partial charge in [0.2, 0.25) is 11.8 Å². The summed E-state index contributed by atoms with van der Waals surface area (Å²) in [5.74, 6) is -0.889. The molecule has 0 saturated heterocycles. The molecule has 0 radical (unpaired) electrons. The van der Waals surface area contributed by atoms with Crippen LogP contribution in [-0.4, -0.2) is 40.6 Å². The summed E-state index contributed by atoms with van der Waals surface area (Å²) < 4.78 is 0. The number of para-hydroxylation sites is 1. The average Bonchev–Trinajstić information content (AvgIpc) is 2.93. The fourth-order valence-electron chi connectivity index (χ4n) is 8.77. The van der Waals surface area contributed by atoms with Gasteiger partial charge >= 0.3 is 0 Å². The van der Waals surface area contributed by atoms with E-state index in [2.05, 4.69) is 0 Å². The molecule has 2 amide bonds. The van der Waals surface area contributed by atoms with Crippen LogP contribution < -0.4 is 10.0 Å². The molecular formula is C33H37N2O5-. The number of aliphatic carboxylic acids is 1. The number of carboxylic acids is 1. The van der Waals surface area contributed by atoms with Crippen molar-refractivity contribution in [1.29, 1.82) is 0 Å². The van der Waals surface area contributed by atoms with Crippen LogP contribution in [0.1, 0.15) is 79.8 Å². The van der Waals surface area contributed by atoms with Gasteiger partial charge in [0.1, 0.15) is 6.04 Å². The van der Waals surface area contributed by atoms with E-state index in [4.69, 9.17) is 0 Å². The van der Waals surface area contributed by atoms with Crippen molar-refractivity contribution >= 4 is 29.3 Å². The summed E-state index contributed by atoms with van der Waals surface area (Å²) in [6.07, 6.45) is 6.72. The number of carbonyl (C=O) groups is 4. The second-order valence-electron chi connectivity index (χ2n) is 13.0. The molecule has 0 unspecified atom stereocenters. The van der Waals surface area contributed by atoms with Crippen LogP contribution in [0.2, 0.25) is 0 Å². The Labute approximate surface area is 235 Å². The van der Waals surface area contributed by atoms with Crippen LogP contribution in [0.3, 0.4) is 0 Å². The van der Waals surface area contributed by atoms with Crippen molar-refractivity contribution in [2.45, 2.75) is 83.8 Å². The molecule has 4 bridgehead atoms. The van der Waals surface area contributed by atoms with Crippen LogP contribution in [-0.2, 0) is 20.9 Å². The SMILES string of the molecule is CC(=O)N1[C@H](CC23CC4CC(CC(C4)C2)C3)C(=O)N(Cc2ccc(C)cc2)c2ccccc2C(=O)C[C@H]1C(=O)[O-]. The quantitative estimate of drug-likeness (QED) is 0.569. The third-order valence-electron chi connectivity index (χ3n) is 9.99. The summed E-state index contributed by atoms with van der Waals surface area (Å²) in [7, 11) is 0. The van der Waals surface area contributed by atoms with Crippen molar-refractivity contribution in [1.82, 2.24) is 4.90 Å². The van der Waals surface area contributed by atoms with Gasteiger partial charge in [-0.15, -0.1) is 0 Å². The maximum atomic E-state index is 14.8. The number of hydrogen-bond donors (Lipinski definition) is 0. The first-order chi connectivity index (χ1) is 19.1. The first kappa shape index (κ1) is 26.7. The minimum Gasteiger partial charge on any atom is -0.548 e. The van der Waals surface area contributed by atoms with Crippen LogP contribution in [0.5, 0.6) is 0 Å². The number of nitrogens with zero attached hydrogens (tertiary/aromatic N) is 2. The van der Waals surface area contributed by atoms with E-state index in [-0.39, 0.29) is 23.4 Å². The van der Waals surface area contributed by atoms with Gasteiger partial charge in [-0.25, -0.2) is 0 Å². The largest absolute Gasteiger partial charge is 0.548 e. The second-order valence-corrected chi connectivity index (χ2v) is 13.0. The summed E-state index contributed by atoms with van der Waals surface area (Å²) in [6, 6.07) is 12.2. The molecule has 0 aromatic heterocycles. The Balaban J connectivity index is 1.48. The zero-order valence-electron chi connectivity index (χ0n) is 23.3. The highest BCUT2D eigenvalue weighted by Crippen LogP contribution is 2.62. The Morgan fingerprint density at radius 2 is 1.52 bits per heavy atom. The minimum absolute atomic E-state index is 0.105. The van der Waals surface area contributed by atoms with Crippen molar-refractivity contribution in [3.8, 4) is 0 Å². The Bertz CT molecular complexity index is 1310. The predicted octanol–water partition coefficient (Wildman–Crippen LogP) is 4.06. The zero-order chi connectivity index (χ0) is 28.2. The van der Waals surface area contributed by atoms with Crippen LogP contribution in [0.4, 0.5) is 5.69 Å². The lowest BCUT2D eigenvalue weighted by Crippen LogP contribution is -2.61. The number of anilines is 1. The minimum atomic E-state index is -1.51. The van der Waals surface area contributed by atoms with E-state index in [1.165, 1.54) is 31.1 Å². The number of aryl methyl sites for hydroxylation is 1. The molecule has 5 aliphatic rings. The monoisotopic (exact) mass is 541 g/mol. The van der Waals surface area contributed by atoms with Gasteiger partial charge in [0, 0.05) is 18.9 Å². The number of ketones is 1. The van der Waals surface area contributed by atoms with Crippen molar-refractivity contribution in [2.24, 2.45) is 23.2 Å². The second kappa shape index (κ2) is 10.2. The van der Waals surface area contributed by atoms with Crippen LogP contribution in [0, 0.1) is 30.1 Å². The summed E-state index contributed by atoms with van der Waals surface area (Å²) in [4.78, 5) is 57.0. The summed E-state index contributed by atoms with van der Waals surface area (Å²) >= 11 is 0. The highest BCUT2D eigenvalue weighted by molar-refractivity contribution is 6.09. The lowest BCUT2D eigenvalue weighted by molar-refractivity contribution is -0.311. The molecule has 2 aromatic rings. The molecule has 4 fully saturated rings. The Hall–Kier alpha value is -3.48. The number of amides is 2. The topological polar surface area (TPSA) is 97.8 Å². The van der Waals surface area contributed by atoms with Gasteiger partial charge in [0.15, 0.2) is 5.78 Å². The van der Waals surface area contributed by atoms with E-state index in [1.807, 2.05) is 31.2 Å². The molecule has 4 aliphatic carbocycles. The Morgan fingerprint density at radius 1 is 0.925 bits per heavy atom. The molecule has 1 aliphatic heterocycles. The fraction of sp³-hybridized carbons (Fsp3) is 0.515. The van der Waals surface area contributed by atoms with Gasteiger partial charge in [-0.2, -0.15) is 0 Å². The molecule has 0 N–H and O–H groups in total. The molecule has 7 nitrogen and oxygen atoms in total. The van der Waals surface area contributed by atoms with Crippen molar-refractivity contribution in [3.63, 3.8) is 0 Å². The number of carbonyl (C=O) groups excluding carboxylic acids is 4. The Morgan fingerprint density at radius 3 is 2.10 bits per heavy atom. The first-order valence-corrected chi connectivity index (χ1v) is 14.6. The van der Waals surface area contributed by atoms with Gasteiger partial charge in [0.05, 0.1) is 24.2 Å². The summed E-state index contributed by atoms with van der Waals surface area (Å²) in [5, 5.41) is 12.5. The molecule has 7 heteroatoms. The van der Waals surface area contributed by atoms with E-state index in [9.17, 15) is 24.3 Å². The molecule has 2 atom stereocenters. The third-order valence-corrected chi connectivity index (χ3v) is 9.99. The Kier molecular flexibility index (Phi) is 6.79. The highest BCUT2D eigenvalue weighted by atomic mass is 16.4. The number of rotatable bonds is 5. The van der Waals surface area contributed by atoms with Crippen LogP contribution in [0.15, 0.2) is 48.5 Å². The van der Waals surface area contributed by atoms with Crippen molar-refractivity contribution in [2.75, 3.05) is 4.90 Å². The number of benzene rings is 2. The average molecular weight is 542 g/mol. The molecule has 40 heavy (non-hydrogen) atoms. The van der Waals surface area contributed by atoms with E-state index < -0.39 is 36.2 Å². The number of Topliss-reactive ketones (excluding diaryl/α,β-unsaturated/α-hetero) is 1. The lowest BCUT2D eigenvalue weighted by atomic mass is 9.48. The third kappa shape index (κ3) is 4.84. The van der Waals surface area contributed by atoms with Gasteiger partial charge in [0.25, 0.3) is 0 Å². The molecule has 4 saturated carbocycles. The van der Waals surface area contributed by atoms with E-state index in [0.29, 0.717) is 29.9 Å². The molecular weight excluding hydrogens is 504 g/mol. The molecule has 0 spiro atoms. The fourth-order valence-corrected chi connectivity index (χ4v) is 8.77. The van der Waals surface area contributed by atoms with Crippen LogP contribution in [0.25, 0.3) is 0 Å². The van der Waals surface area contributed by atoms with Crippen LogP contribution >= 0.6 is 0 Å². The van der Waals surface area contributed by atoms with E-state index in [1.54, 1.807) is 29.2 Å². The predicted molar refractivity (Wildman–Crippen MR) is 148 cm³/mol. The first-order valence-electron chi connectivity index (χ1n) is 14.6. The van der Waals surface area contributed by atoms with Gasteiger partial charge in [-0.1, -0.05) is 42.0 Å². The molecule has 2 aromatic carbocycles. The maximum Gasteiger partial charge on any atom is 0.250 e. The van der Waals surface area contributed by atoms with Crippen molar-refractivity contribution < 1.29 is 24.3 Å². The lowest BCUT2D eigenvalue weighted by Gasteiger charge is -2.58. The van der Waals surface area contributed by atoms with Gasteiger partial charge in [-0.05, 0) is 92.7 Å². The molecule has 7 rings (SSSR count). The van der Waals surface area contributed by atoms with E-state index >= 15 is 0 Å². The number of fused-ring (bicyclic) bond motifs is 1. The van der Waals surface area contributed by atoms with Gasteiger partial charge < -0.3 is 19.7 Å². The summed E-state index contributed by atoms with van der Waals surface area (Å²) in [5.41, 5.74) is 2.62. The normalized spacial score (nSPS) is 31.4. The van der Waals surface area contributed by atoms with Gasteiger partial charge in [-0.3, -0.25) is 14.4 Å².